The Kier molecular flexibility index (Phi) is 5.94. The van der Waals surface area contributed by atoms with Gasteiger partial charge in [-0.3, -0.25) is 14.9 Å². The molecule has 1 saturated heterocycles. The second-order valence-corrected chi connectivity index (χ2v) is 7.60. The molecule has 11 heteroatoms. The van der Waals surface area contributed by atoms with E-state index in [0.717, 1.165) is 24.3 Å². The number of nitrogens with one attached hydrogen (secondary N) is 3. The second-order valence-electron chi connectivity index (χ2n) is 7.60. The van der Waals surface area contributed by atoms with Gasteiger partial charge in [-0.15, -0.1) is 0 Å². The standard InChI is InChI=1S/C21H18F5N3O3/c1-10(2)20(18(31)28-19(32)29-20)9-27-17(30)14-8-16(23)15(22)7-13(14)11-3-5-12(6-4-11)21(24,25)26/h3-8,10H,9H2,1-2H3,(H,27,30)(H2,28,29,31,32). The largest absolute Gasteiger partial charge is 0.416 e. The van der Waals surface area contributed by atoms with E-state index in [9.17, 15) is 36.3 Å². The smallest absolute Gasteiger partial charge is 0.349 e. The first-order valence-corrected chi connectivity index (χ1v) is 9.43. The van der Waals surface area contributed by atoms with Crippen LogP contribution >= 0.6 is 0 Å². The molecular formula is C21H18F5N3O3. The Balaban J connectivity index is 1.94. The second kappa shape index (κ2) is 8.21. The van der Waals surface area contributed by atoms with E-state index in [1.807, 2.05) is 0 Å². The van der Waals surface area contributed by atoms with Crippen molar-refractivity contribution in [2.24, 2.45) is 5.92 Å². The molecule has 6 nitrogen and oxygen atoms in total. The highest BCUT2D eigenvalue weighted by molar-refractivity contribution is 6.08. The maximum Gasteiger partial charge on any atom is 0.416 e. The van der Waals surface area contributed by atoms with E-state index < -0.39 is 52.7 Å². The predicted molar refractivity (Wildman–Crippen MR) is 103 cm³/mol. The van der Waals surface area contributed by atoms with Crippen LogP contribution in [0.2, 0.25) is 0 Å². The highest BCUT2D eigenvalue weighted by Crippen LogP contribution is 2.32. The molecule has 3 rings (SSSR count). The molecule has 1 atom stereocenters. The summed E-state index contributed by atoms with van der Waals surface area (Å²) >= 11 is 0. The highest BCUT2D eigenvalue weighted by Gasteiger charge is 2.48. The number of amides is 4. The first-order valence-electron chi connectivity index (χ1n) is 9.43. The molecule has 0 bridgehead atoms. The highest BCUT2D eigenvalue weighted by atomic mass is 19.4. The minimum Gasteiger partial charge on any atom is -0.349 e. The molecule has 0 aromatic heterocycles. The fraction of sp³-hybridized carbons (Fsp3) is 0.286. The zero-order chi connectivity index (χ0) is 23.8. The van der Waals surface area contributed by atoms with Gasteiger partial charge in [-0.1, -0.05) is 26.0 Å². The summed E-state index contributed by atoms with van der Waals surface area (Å²) in [5, 5.41) is 6.96. The third-order valence-corrected chi connectivity index (χ3v) is 5.31. The van der Waals surface area contributed by atoms with Crippen LogP contribution in [-0.2, 0) is 11.0 Å². The van der Waals surface area contributed by atoms with Crippen molar-refractivity contribution in [2.75, 3.05) is 6.54 Å². The SMILES string of the molecule is CC(C)C1(CNC(=O)c2cc(F)c(F)cc2-c2ccc(C(F)(F)F)cc2)NC(=O)NC1=O. The van der Waals surface area contributed by atoms with Crippen LogP contribution in [0.5, 0.6) is 0 Å². The molecule has 4 amide bonds. The Morgan fingerprint density at radius 2 is 1.66 bits per heavy atom. The summed E-state index contributed by atoms with van der Waals surface area (Å²) < 4.78 is 66.2. The minimum absolute atomic E-state index is 0.0486. The van der Waals surface area contributed by atoms with Gasteiger partial charge < -0.3 is 10.6 Å². The van der Waals surface area contributed by atoms with E-state index in [1.165, 1.54) is 0 Å². The van der Waals surface area contributed by atoms with Crippen molar-refractivity contribution >= 4 is 17.8 Å². The fourth-order valence-corrected chi connectivity index (χ4v) is 3.37. The van der Waals surface area contributed by atoms with Crippen molar-refractivity contribution in [3.8, 4) is 11.1 Å². The summed E-state index contributed by atoms with van der Waals surface area (Å²) in [6.07, 6.45) is -4.59. The molecule has 1 unspecified atom stereocenters. The molecule has 2 aromatic carbocycles. The van der Waals surface area contributed by atoms with E-state index in [1.54, 1.807) is 13.8 Å². The first-order chi connectivity index (χ1) is 14.8. The topological polar surface area (TPSA) is 87.3 Å². The molecule has 1 fully saturated rings. The van der Waals surface area contributed by atoms with Gasteiger partial charge in [0.1, 0.15) is 5.54 Å². The van der Waals surface area contributed by atoms with Crippen molar-refractivity contribution < 1.29 is 36.3 Å². The average Bonchev–Trinajstić information content (AvgIpc) is 3.01. The lowest BCUT2D eigenvalue weighted by Gasteiger charge is -2.30. The summed E-state index contributed by atoms with van der Waals surface area (Å²) in [4.78, 5) is 36.6. The molecule has 0 aliphatic carbocycles. The van der Waals surface area contributed by atoms with E-state index in [2.05, 4.69) is 16.0 Å². The zero-order valence-electron chi connectivity index (χ0n) is 16.9. The molecule has 0 spiro atoms. The number of rotatable bonds is 5. The van der Waals surface area contributed by atoms with E-state index in [0.29, 0.717) is 12.1 Å². The molecule has 3 N–H and O–H groups in total. The number of hydrogen-bond acceptors (Lipinski definition) is 3. The number of halogens is 5. The van der Waals surface area contributed by atoms with Gasteiger partial charge in [0.05, 0.1) is 17.7 Å². The van der Waals surface area contributed by atoms with E-state index in [4.69, 9.17) is 0 Å². The molecule has 2 aromatic rings. The van der Waals surface area contributed by atoms with Gasteiger partial charge in [-0.05, 0) is 41.3 Å². The maximum atomic E-state index is 13.9. The Labute approximate surface area is 179 Å². The summed E-state index contributed by atoms with van der Waals surface area (Å²) in [6, 6.07) is 4.16. The van der Waals surface area contributed by atoms with Gasteiger partial charge in [-0.25, -0.2) is 13.6 Å². The van der Waals surface area contributed by atoms with Crippen LogP contribution in [0.1, 0.15) is 29.8 Å². The Hall–Kier alpha value is -3.50. The summed E-state index contributed by atoms with van der Waals surface area (Å²) in [7, 11) is 0. The fourth-order valence-electron chi connectivity index (χ4n) is 3.37. The number of imide groups is 1. The van der Waals surface area contributed by atoms with E-state index >= 15 is 0 Å². The van der Waals surface area contributed by atoms with Gasteiger partial charge in [0, 0.05) is 0 Å². The van der Waals surface area contributed by atoms with Gasteiger partial charge in [0.25, 0.3) is 11.8 Å². The summed E-state index contributed by atoms with van der Waals surface area (Å²) in [5.41, 5.74) is -2.86. The lowest BCUT2D eigenvalue weighted by molar-refractivity contribution is -0.137. The van der Waals surface area contributed by atoms with Crippen molar-refractivity contribution in [3.63, 3.8) is 0 Å². The Morgan fingerprint density at radius 1 is 1.06 bits per heavy atom. The molecule has 1 aliphatic heterocycles. The van der Waals surface area contributed by atoms with E-state index in [-0.39, 0.29) is 23.2 Å². The van der Waals surface area contributed by atoms with Crippen LogP contribution < -0.4 is 16.0 Å². The van der Waals surface area contributed by atoms with Crippen molar-refractivity contribution in [2.45, 2.75) is 25.6 Å². The average molecular weight is 455 g/mol. The number of carbonyl (C=O) groups excluding carboxylic acids is 3. The molecule has 0 saturated carbocycles. The van der Waals surface area contributed by atoms with Crippen LogP contribution in [0, 0.1) is 17.6 Å². The number of urea groups is 1. The Morgan fingerprint density at radius 3 is 2.16 bits per heavy atom. The van der Waals surface area contributed by atoms with Crippen LogP contribution in [0.25, 0.3) is 11.1 Å². The van der Waals surface area contributed by atoms with Crippen molar-refractivity contribution in [1.82, 2.24) is 16.0 Å². The first kappa shape index (κ1) is 23.2. The lowest BCUT2D eigenvalue weighted by atomic mass is 9.86. The Bertz CT molecular complexity index is 1080. The molecule has 0 radical (unpaired) electrons. The molecule has 1 aliphatic rings. The summed E-state index contributed by atoms with van der Waals surface area (Å²) in [6.45, 7) is 2.93. The van der Waals surface area contributed by atoms with Crippen LogP contribution in [-0.4, -0.2) is 29.9 Å². The molecular weight excluding hydrogens is 437 g/mol. The van der Waals surface area contributed by atoms with Crippen LogP contribution in [0.15, 0.2) is 36.4 Å². The lowest BCUT2D eigenvalue weighted by Crippen LogP contribution is -2.58. The normalized spacial score (nSPS) is 18.5. The molecule has 170 valence electrons. The minimum atomic E-state index is -4.59. The van der Waals surface area contributed by atoms with Crippen molar-refractivity contribution in [1.29, 1.82) is 0 Å². The monoisotopic (exact) mass is 455 g/mol. The third-order valence-electron chi connectivity index (χ3n) is 5.31. The van der Waals surface area contributed by atoms with Gasteiger partial charge >= 0.3 is 12.2 Å². The van der Waals surface area contributed by atoms with Gasteiger partial charge in [0.2, 0.25) is 0 Å². The predicted octanol–water partition coefficient (Wildman–Crippen LogP) is 3.61. The number of benzene rings is 2. The number of carbonyl (C=O) groups is 3. The summed E-state index contributed by atoms with van der Waals surface area (Å²) in [5.74, 6) is -4.64. The zero-order valence-corrected chi connectivity index (χ0v) is 16.9. The van der Waals surface area contributed by atoms with Gasteiger partial charge in [0.15, 0.2) is 11.6 Å². The molecule has 1 heterocycles. The van der Waals surface area contributed by atoms with Crippen LogP contribution in [0.4, 0.5) is 26.7 Å². The van der Waals surface area contributed by atoms with Crippen LogP contribution in [0.3, 0.4) is 0 Å². The quantitative estimate of drug-likeness (QED) is 0.476. The number of alkyl halides is 3. The van der Waals surface area contributed by atoms with Crippen molar-refractivity contribution in [3.05, 3.63) is 59.2 Å². The number of hydrogen-bond donors (Lipinski definition) is 3. The third kappa shape index (κ3) is 4.27. The molecule has 32 heavy (non-hydrogen) atoms. The van der Waals surface area contributed by atoms with Gasteiger partial charge in [-0.2, -0.15) is 13.2 Å². The maximum absolute atomic E-state index is 13.9.